The fourth-order valence-corrected chi connectivity index (χ4v) is 4.40. The predicted molar refractivity (Wildman–Crippen MR) is 105 cm³/mol. The Morgan fingerprint density at radius 2 is 2.19 bits per heavy atom. The molecule has 1 aliphatic heterocycles. The Bertz CT molecular complexity index is 1010. The fraction of sp³-hybridized carbons (Fsp3) is 0.300. The van der Waals surface area contributed by atoms with Crippen LogP contribution in [0, 0.1) is 12.7 Å². The first-order valence-electron chi connectivity index (χ1n) is 8.84. The van der Waals surface area contributed by atoms with Gasteiger partial charge < -0.3 is 15.3 Å². The van der Waals surface area contributed by atoms with Crippen molar-refractivity contribution in [3.63, 3.8) is 0 Å². The molecule has 0 radical (unpaired) electrons. The number of carbonyl (C=O) groups is 1. The molecule has 140 valence electrons. The van der Waals surface area contributed by atoms with E-state index in [0.717, 1.165) is 22.7 Å². The summed E-state index contributed by atoms with van der Waals surface area (Å²) in [6.45, 7) is 5.82. The number of carbonyl (C=O) groups excluding carboxylic acids is 1. The van der Waals surface area contributed by atoms with E-state index >= 15 is 0 Å². The Morgan fingerprint density at radius 1 is 1.37 bits per heavy atom. The average molecular weight is 385 g/mol. The molecule has 27 heavy (non-hydrogen) atoms. The highest BCUT2D eigenvalue weighted by molar-refractivity contribution is 7.13. The van der Waals surface area contributed by atoms with Gasteiger partial charge in [-0.3, -0.25) is 4.79 Å². The molecule has 0 bridgehead atoms. The van der Waals surface area contributed by atoms with E-state index in [9.17, 15) is 14.3 Å². The van der Waals surface area contributed by atoms with Gasteiger partial charge in [0.25, 0.3) is 5.91 Å². The number of benzene rings is 2. The monoisotopic (exact) mass is 385 g/mol. The number of phenols is 1. The van der Waals surface area contributed by atoms with Crippen molar-refractivity contribution in [3.05, 3.63) is 47.4 Å². The second-order valence-corrected chi connectivity index (χ2v) is 7.80. The summed E-state index contributed by atoms with van der Waals surface area (Å²) in [6, 6.07) is 6.45. The van der Waals surface area contributed by atoms with Gasteiger partial charge in [0.1, 0.15) is 11.6 Å². The van der Waals surface area contributed by atoms with E-state index in [1.165, 1.54) is 17.6 Å². The van der Waals surface area contributed by atoms with Crippen LogP contribution in [0.5, 0.6) is 5.75 Å². The van der Waals surface area contributed by atoms with Crippen molar-refractivity contribution >= 4 is 27.5 Å². The van der Waals surface area contributed by atoms with Crippen LogP contribution in [0.3, 0.4) is 0 Å². The SMILES string of the molecule is Cc1cc(O)cc(F)c1-c1cc(C(=O)N2CCN[C@H](C)C2)c2sncc2c1. The van der Waals surface area contributed by atoms with Gasteiger partial charge in [0.15, 0.2) is 0 Å². The number of amides is 1. The number of hydrogen-bond acceptors (Lipinski definition) is 5. The van der Waals surface area contributed by atoms with Gasteiger partial charge in [-0.15, -0.1) is 0 Å². The molecule has 1 saturated heterocycles. The Morgan fingerprint density at radius 3 is 2.93 bits per heavy atom. The highest BCUT2D eigenvalue weighted by atomic mass is 32.1. The third-order valence-corrected chi connectivity index (χ3v) is 5.75. The van der Waals surface area contributed by atoms with Crippen molar-refractivity contribution < 1.29 is 14.3 Å². The minimum absolute atomic E-state index is 0.0590. The van der Waals surface area contributed by atoms with Crippen molar-refractivity contribution in [2.45, 2.75) is 19.9 Å². The van der Waals surface area contributed by atoms with Gasteiger partial charge in [0.2, 0.25) is 0 Å². The summed E-state index contributed by atoms with van der Waals surface area (Å²) in [5.74, 6) is -0.682. The molecule has 1 amide bonds. The molecule has 3 aromatic rings. The number of rotatable bonds is 2. The summed E-state index contributed by atoms with van der Waals surface area (Å²) < 4.78 is 19.6. The Labute approximate surface area is 160 Å². The first-order chi connectivity index (χ1) is 12.9. The second-order valence-electron chi connectivity index (χ2n) is 6.99. The highest BCUT2D eigenvalue weighted by Gasteiger charge is 2.25. The lowest BCUT2D eigenvalue weighted by Gasteiger charge is -2.32. The van der Waals surface area contributed by atoms with Crippen molar-refractivity contribution in [1.29, 1.82) is 0 Å². The van der Waals surface area contributed by atoms with Gasteiger partial charge in [-0.05, 0) is 54.7 Å². The van der Waals surface area contributed by atoms with Gasteiger partial charge in [0.05, 0.1) is 10.3 Å². The Hall–Kier alpha value is -2.51. The molecule has 1 aliphatic rings. The lowest BCUT2D eigenvalue weighted by atomic mass is 9.96. The zero-order chi connectivity index (χ0) is 19.1. The number of nitrogens with one attached hydrogen (secondary N) is 1. The maximum atomic E-state index is 14.6. The minimum Gasteiger partial charge on any atom is -0.508 e. The number of phenolic OH excluding ortho intramolecular Hbond substituents is 1. The van der Waals surface area contributed by atoms with E-state index in [1.54, 1.807) is 19.2 Å². The summed E-state index contributed by atoms with van der Waals surface area (Å²) in [6.07, 6.45) is 1.70. The van der Waals surface area contributed by atoms with Crippen LogP contribution < -0.4 is 5.32 Å². The van der Waals surface area contributed by atoms with Crippen molar-refractivity contribution in [1.82, 2.24) is 14.6 Å². The maximum Gasteiger partial charge on any atom is 0.255 e. The van der Waals surface area contributed by atoms with E-state index in [-0.39, 0.29) is 17.7 Å². The molecular formula is C20H20FN3O2S. The fourth-order valence-electron chi connectivity index (χ4n) is 3.67. The van der Waals surface area contributed by atoms with E-state index in [2.05, 4.69) is 9.69 Å². The number of halogens is 1. The smallest absolute Gasteiger partial charge is 0.255 e. The van der Waals surface area contributed by atoms with Crippen molar-refractivity contribution in [2.24, 2.45) is 0 Å². The quantitative estimate of drug-likeness (QED) is 0.708. The van der Waals surface area contributed by atoms with Gasteiger partial charge in [0, 0.05) is 48.9 Å². The molecule has 2 N–H and O–H groups in total. The van der Waals surface area contributed by atoms with Crippen LogP contribution in [0.15, 0.2) is 30.5 Å². The molecule has 4 rings (SSSR count). The topological polar surface area (TPSA) is 65.5 Å². The molecule has 2 heterocycles. The number of aryl methyl sites for hydroxylation is 1. The zero-order valence-electron chi connectivity index (χ0n) is 15.1. The van der Waals surface area contributed by atoms with Crippen LogP contribution in [-0.2, 0) is 0 Å². The first-order valence-corrected chi connectivity index (χ1v) is 9.62. The maximum absolute atomic E-state index is 14.6. The van der Waals surface area contributed by atoms with Gasteiger partial charge >= 0.3 is 0 Å². The minimum atomic E-state index is -0.510. The number of hydrogen-bond donors (Lipinski definition) is 2. The standard InChI is InChI=1S/C20H20FN3O2S/c1-11-5-15(25)8-17(21)18(11)13-6-14-9-23-27-19(14)16(7-13)20(26)24-4-3-22-12(2)10-24/h5-9,12,22,25H,3-4,10H2,1-2H3/t12-/m1/s1. The average Bonchev–Trinajstić information content (AvgIpc) is 3.08. The summed E-state index contributed by atoms with van der Waals surface area (Å²) in [5.41, 5.74) is 2.17. The van der Waals surface area contributed by atoms with Gasteiger partial charge in [-0.1, -0.05) is 0 Å². The molecule has 1 atom stereocenters. The molecule has 0 spiro atoms. The van der Waals surface area contributed by atoms with E-state index < -0.39 is 5.82 Å². The Kier molecular flexibility index (Phi) is 4.57. The van der Waals surface area contributed by atoms with Crippen LogP contribution >= 0.6 is 11.5 Å². The molecule has 5 nitrogen and oxygen atoms in total. The molecule has 0 saturated carbocycles. The van der Waals surface area contributed by atoms with Crippen LogP contribution in [0.25, 0.3) is 21.2 Å². The molecular weight excluding hydrogens is 365 g/mol. The van der Waals surface area contributed by atoms with Crippen LogP contribution in [0.4, 0.5) is 4.39 Å². The second kappa shape index (κ2) is 6.90. The van der Waals surface area contributed by atoms with Crippen molar-refractivity contribution in [3.8, 4) is 16.9 Å². The summed E-state index contributed by atoms with van der Waals surface area (Å²) >= 11 is 1.27. The third-order valence-electron chi connectivity index (χ3n) is 4.90. The third kappa shape index (κ3) is 3.28. The van der Waals surface area contributed by atoms with Crippen LogP contribution in [0.1, 0.15) is 22.8 Å². The highest BCUT2D eigenvalue weighted by Crippen LogP contribution is 2.35. The number of aromatic hydroxyl groups is 1. The summed E-state index contributed by atoms with van der Waals surface area (Å²) in [4.78, 5) is 15.0. The van der Waals surface area contributed by atoms with Crippen LogP contribution in [0.2, 0.25) is 0 Å². The van der Waals surface area contributed by atoms with Gasteiger partial charge in [-0.25, -0.2) is 4.39 Å². The van der Waals surface area contributed by atoms with E-state index in [1.807, 2.05) is 17.9 Å². The molecule has 1 aromatic heterocycles. The number of nitrogens with zero attached hydrogens (tertiary/aromatic N) is 2. The summed E-state index contributed by atoms with van der Waals surface area (Å²) in [5, 5.41) is 13.8. The number of fused-ring (bicyclic) bond motifs is 1. The number of aromatic nitrogens is 1. The molecule has 7 heteroatoms. The Balaban J connectivity index is 1.85. The lowest BCUT2D eigenvalue weighted by Crippen LogP contribution is -2.51. The molecule has 2 aromatic carbocycles. The summed E-state index contributed by atoms with van der Waals surface area (Å²) in [7, 11) is 0. The van der Waals surface area contributed by atoms with Crippen molar-refractivity contribution in [2.75, 3.05) is 19.6 Å². The lowest BCUT2D eigenvalue weighted by molar-refractivity contribution is 0.0711. The van der Waals surface area contributed by atoms with Crippen LogP contribution in [-0.4, -0.2) is 46.0 Å². The number of piperazine rings is 1. The van der Waals surface area contributed by atoms with E-state index in [4.69, 9.17) is 0 Å². The zero-order valence-corrected chi connectivity index (χ0v) is 15.9. The predicted octanol–water partition coefficient (Wildman–Crippen LogP) is 3.55. The van der Waals surface area contributed by atoms with Gasteiger partial charge in [-0.2, -0.15) is 4.37 Å². The molecule has 1 fully saturated rings. The largest absolute Gasteiger partial charge is 0.508 e. The molecule has 0 aliphatic carbocycles. The normalized spacial score (nSPS) is 17.4. The first kappa shape index (κ1) is 17.9. The molecule has 0 unspecified atom stereocenters. The van der Waals surface area contributed by atoms with E-state index in [0.29, 0.717) is 35.3 Å².